The SMILES string of the molecule is CCCCNC(=O)[C@H](C)N(Cc1cccc(Cl)c1)C(=O)CN(c1ccc(OCC)cc1)S(=O)(=O)c1ccc(Br)cc1. The fraction of sp³-hybridized carbons (Fsp3) is 0.333. The lowest BCUT2D eigenvalue weighted by molar-refractivity contribution is -0.139. The van der Waals surface area contributed by atoms with E-state index in [1.165, 1.54) is 17.0 Å². The first-order valence-electron chi connectivity index (χ1n) is 13.4. The molecule has 0 saturated carbocycles. The summed E-state index contributed by atoms with van der Waals surface area (Å²) in [6.45, 7) is 5.98. The summed E-state index contributed by atoms with van der Waals surface area (Å²) in [5.41, 5.74) is 0.995. The van der Waals surface area contributed by atoms with E-state index in [2.05, 4.69) is 21.2 Å². The van der Waals surface area contributed by atoms with Gasteiger partial charge in [-0.2, -0.15) is 0 Å². The summed E-state index contributed by atoms with van der Waals surface area (Å²) in [4.78, 5) is 28.4. The Morgan fingerprint density at radius 1 is 1.02 bits per heavy atom. The predicted molar refractivity (Wildman–Crippen MR) is 166 cm³/mol. The number of rotatable bonds is 14. The van der Waals surface area contributed by atoms with Gasteiger partial charge in [0.25, 0.3) is 10.0 Å². The molecule has 3 aromatic carbocycles. The Morgan fingerprint density at radius 2 is 1.71 bits per heavy atom. The second-order valence-electron chi connectivity index (χ2n) is 9.36. The van der Waals surface area contributed by atoms with Crippen LogP contribution in [0.3, 0.4) is 0 Å². The van der Waals surface area contributed by atoms with E-state index in [0.29, 0.717) is 29.5 Å². The maximum Gasteiger partial charge on any atom is 0.264 e. The largest absolute Gasteiger partial charge is 0.494 e. The van der Waals surface area contributed by atoms with Crippen molar-refractivity contribution in [3.63, 3.8) is 0 Å². The van der Waals surface area contributed by atoms with E-state index < -0.39 is 28.5 Å². The number of nitrogens with one attached hydrogen (secondary N) is 1. The Labute approximate surface area is 255 Å². The molecule has 8 nitrogen and oxygen atoms in total. The van der Waals surface area contributed by atoms with Gasteiger partial charge in [0, 0.05) is 22.6 Å². The van der Waals surface area contributed by atoms with Gasteiger partial charge in [0.05, 0.1) is 17.2 Å². The number of hydrogen-bond acceptors (Lipinski definition) is 5. The molecule has 0 bridgehead atoms. The lowest BCUT2D eigenvalue weighted by atomic mass is 10.1. The summed E-state index contributed by atoms with van der Waals surface area (Å²) < 4.78 is 35.1. The molecule has 0 aliphatic heterocycles. The summed E-state index contributed by atoms with van der Waals surface area (Å²) in [6.07, 6.45) is 1.71. The number of carbonyl (C=O) groups is 2. The van der Waals surface area contributed by atoms with Crippen LogP contribution in [-0.2, 0) is 26.2 Å². The highest BCUT2D eigenvalue weighted by Crippen LogP contribution is 2.27. The van der Waals surface area contributed by atoms with Gasteiger partial charge in [-0.25, -0.2) is 8.42 Å². The fourth-order valence-corrected chi connectivity index (χ4v) is 5.98. The highest BCUT2D eigenvalue weighted by atomic mass is 79.9. The molecule has 0 aliphatic carbocycles. The van der Waals surface area contributed by atoms with Crippen molar-refractivity contribution in [2.24, 2.45) is 0 Å². The summed E-state index contributed by atoms with van der Waals surface area (Å²) >= 11 is 9.52. The van der Waals surface area contributed by atoms with Crippen molar-refractivity contribution in [1.82, 2.24) is 10.2 Å². The molecule has 11 heteroatoms. The standard InChI is InChI=1S/C30H35BrClN3O5S/c1-4-6-18-33-30(37)22(3)34(20-23-8-7-9-25(32)19-23)29(36)21-35(26-12-14-27(15-13-26)40-5-2)41(38,39)28-16-10-24(31)11-17-28/h7-17,19,22H,4-6,18,20-21H2,1-3H3,(H,33,37)/t22-/m0/s1. The van der Waals surface area contributed by atoms with Gasteiger partial charge in [-0.15, -0.1) is 0 Å². The average Bonchev–Trinajstić information content (AvgIpc) is 2.95. The lowest BCUT2D eigenvalue weighted by Gasteiger charge is -2.32. The topological polar surface area (TPSA) is 96.0 Å². The van der Waals surface area contributed by atoms with Crippen LogP contribution in [0.15, 0.2) is 82.2 Å². The number of carbonyl (C=O) groups excluding carboxylic acids is 2. The molecule has 1 N–H and O–H groups in total. The van der Waals surface area contributed by atoms with E-state index in [0.717, 1.165) is 21.6 Å². The van der Waals surface area contributed by atoms with Crippen LogP contribution >= 0.6 is 27.5 Å². The van der Waals surface area contributed by atoms with Gasteiger partial charge in [0.1, 0.15) is 18.3 Å². The molecule has 3 rings (SSSR count). The molecular weight excluding hydrogens is 630 g/mol. The summed E-state index contributed by atoms with van der Waals surface area (Å²) in [5, 5.41) is 3.36. The van der Waals surface area contributed by atoms with Crippen molar-refractivity contribution in [2.45, 2.75) is 51.1 Å². The fourth-order valence-electron chi connectivity index (χ4n) is 4.09. The molecule has 0 unspecified atom stereocenters. The van der Waals surface area contributed by atoms with Gasteiger partial charge in [0.2, 0.25) is 11.8 Å². The molecule has 0 saturated heterocycles. The van der Waals surface area contributed by atoms with E-state index >= 15 is 0 Å². The molecule has 220 valence electrons. The van der Waals surface area contributed by atoms with Gasteiger partial charge < -0.3 is 15.0 Å². The molecular formula is C30H35BrClN3O5S. The smallest absolute Gasteiger partial charge is 0.264 e. The number of unbranched alkanes of at least 4 members (excludes halogenated alkanes) is 1. The van der Waals surface area contributed by atoms with Crippen LogP contribution in [0, 0.1) is 0 Å². The zero-order valence-electron chi connectivity index (χ0n) is 23.3. The normalized spacial score (nSPS) is 11.9. The Hall–Kier alpha value is -3.08. The van der Waals surface area contributed by atoms with Crippen molar-refractivity contribution in [3.05, 3.63) is 87.9 Å². The third kappa shape index (κ3) is 8.95. The number of halogens is 2. The van der Waals surface area contributed by atoms with E-state index in [-0.39, 0.29) is 23.0 Å². The summed E-state index contributed by atoms with van der Waals surface area (Å²) in [6, 6.07) is 18.8. The number of ether oxygens (including phenoxy) is 1. The van der Waals surface area contributed by atoms with Crippen LogP contribution in [0.5, 0.6) is 5.75 Å². The molecule has 0 heterocycles. The zero-order valence-corrected chi connectivity index (χ0v) is 26.5. The van der Waals surface area contributed by atoms with Crippen LogP contribution in [0.4, 0.5) is 5.69 Å². The van der Waals surface area contributed by atoms with Crippen molar-refractivity contribution in [2.75, 3.05) is 24.0 Å². The Bertz CT molecular complexity index is 1420. The number of hydrogen-bond donors (Lipinski definition) is 1. The maximum absolute atomic E-state index is 14.0. The molecule has 0 fully saturated rings. The zero-order chi connectivity index (χ0) is 30.0. The van der Waals surface area contributed by atoms with Crippen molar-refractivity contribution < 1.29 is 22.7 Å². The Balaban J connectivity index is 2.00. The van der Waals surface area contributed by atoms with Crippen LogP contribution in [0.25, 0.3) is 0 Å². The summed E-state index contributed by atoms with van der Waals surface area (Å²) in [5.74, 6) is -0.293. The first-order chi connectivity index (χ1) is 19.6. The molecule has 0 spiro atoms. The third-order valence-corrected chi connectivity index (χ3v) is 8.91. The number of sulfonamides is 1. The maximum atomic E-state index is 14.0. The van der Waals surface area contributed by atoms with E-state index in [1.807, 2.05) is 13.8 Å². The second kappa shape index (κ2) is 15.2. The van der Waals surface area contributed by atoms with Crippen LogP contribution in [0.2, 0.25) is 5.02 Å². The highest BCUT2D eigenvalue weighted by molar-refractivity contribution is 9.10. The minimum Gasteiger partial charge on any atom is -0.494 e. The molecule has 3 aromatic rings. The van der Waals surface area contributed by atoms with E-state index in [1.54, 1.807) is 67.6 Å². The van der Waals surface area contributed by atoms with E-state index in [4.69, 9.17) is 16.3 Å². The molecule has 0 aliphatic rings. The predicted octanol–water partition coefficient (Wildman–Crippen LogP) is 6.03. The van der Waals surface area contributed by atoms with Crippen LogP contribution in [-0.4, -0.2) is 50.9 Å². The molecule has 0 radical (unpaired) electrons. The minimum absolute atomic E-state index is 0.0223. The van der Waals surface area contributed by atoms with Crippen LogP contribution in [0.1, 0.15) is 39.2 Å². The van der Waals surface area contributed by atoms with E-state index in [9.17, 15) is 18.0 Å². The first-order valence-corrected chi connectivity index (χ1v) is 16.0. The molecule has 1 atom stereocenters. The Morgan fingerprint density at radius 3 is 2.32 bits per heavy atom. The van der Waals surface area contributed by atoms with Gasteiger partial charge in [-0.1, -0.05) is 53.0 Å². The Kier molecular flexibility index (Phi) is 12.1. The molecule has 0 aromatic heterocycles. The third-order valence-electron chi connectivity index (χ3n) is 6.36. The number of anilines is 1. The number of amides is 2. The van der Waals surface area contributed by atoms with Crippen molar-refractivity contribution in [1.29, 1.82) is 0 Å². The average molecular weight is 665 g/mol. The van der Waals surface area contributed by atoms with Gasteiger partial charge in [-0.05, 0) is 86.5 Å². The van der Waals surface area contributed by atoms with Crippen LogP contribution < -0.4 is 14.4 Å². The number of benzene rings is 3. The van der Waals surface area contributed by atoms with Gasteiger partial charge in [0.15, 0.2) is 0 Å². The molecule has 2 amide bonds. The van der Waals surface area contributed by atoms with Gasteiger partial charge in [-0.3, -0.25) is 13.9 Å². The van der Waals surface area contributed by atoms with Crippen molar-refractivity contribution in [3.8, 4) is 5.75 Å². The summed E-state index contributed by atoms with van der Waals surface area (Å²) in [7, 11) is -4.17. The monoisotopic (exact) mass is 663 g/mol. The number of nitrogens with zero attached hydrogens (tertiary/aromatic N) is 2. The van der Waals surface area contributed by atoms with Crippen molar-refractivity contribution >= 4 is 55.1 Å². The first kappa shape index (κ1) is 32.4. The second-order valence-corrected chi connectivity index (χ2v) is 12.6. The minimum atomic E-state index is -4.17. The quantitative estimate of drug-likeness (QED) is 0.213. The lowest BCUT2D eigenvalue weighted by Crippen LogP contribution is -2.51. The highest BCUT2D eigenvalue weighted by Gasteiger charge is 2.32. The molecule has 41 heavy (non-hydrogen) atoms. The van der Waals surface area contributed by atoms with Gasteiger partial charge >= 0.3 is 0 Å².